The Morgan fingerprint density at radius 1 is 0.510 bits per heavy atom. The number of benzene rings is 8. The first-order valence-electron chi connectivity index (χ1n) is 34.6. The second kappa shape index (κ2) is 38.7. The molecule has 2 aliphatic heterocycles. The third kappa shape index (κ3) is 25.3. The molecule has 0 radical (unpaired) electrons. The van der Waals surface area contributed by atoms with Crippen molar-refractivity contribution in [2.45, 2.75) is 129 Å². The number of carbonyl (C=O) groups is 4. The van der Waals surface area contributed by atoms with Crippen LogP contribution in [-0.2, 0) is 71.2 Å². The normalized spacial score (nSPS) is 14.9. The molecule has 0 spiro atoms. The lowest BCUT2D eigenvalue weighted by molar-refractivity contribution is -0.150. The molecule has 4 amide bonds. The molecule has 0 unspecified atom stereocenters. The average molecular weight is 1390 g/mol. The Balaban J connectivity index is 0.000000217. The third-order valence-electron chi connectivity index (χ3n) is 16.9. The Bertz CT molecular complexity index is 3820. The Morgan fingerprint density at radius 2 is 0.892 bits per heavy atom. The van der Waals surface area contributed by atoms with Gasteiger partial charge < -0.3 is 39.0 Å². The number of hydrogen-bond donors (Lipinski definition) is 2. The fraction of sp³-hybridized carbons (Fsp3) is 0.333. The van der Waals surface area contributed by atoms with E-state index in [1.54, 1.807) is 48.8 Å². The first-order valence-corrected chi connectivity index (χ1v) is 34.6. The van der Waals surface area contributed by atoms with Crippen LogP contribution < -0.4 is 9.47 Å². The van der Waals surface area contributed by atoms with Crippen LogP contribution in [0.3, 0.4) is 0 Å². The van der Waals surface area contributed by atoms with E-state index in [0.717, 1.165) is 27.8 Å². The zero-order chi connectivity index (χ0) is 73.0. The van der Waals surface area contributed by atoms with Crippen LogP contribution in [0.5, 0.6) is 11.5 Å². The van der Waals surface area contributed by atoms with Crippen molar-refractivity contribution in [3.8, 4) is 11.5 Å². The van der Waals surface area contributed by atoms with Crippen LogP contribution in [-0.4, -0.2) is 152 Å². The van der Waals surface area contributed by atoms with Crippen molar-refractivity contribution in [3.05, 3.63) is 300 Å². The highest BCUT2D eigenvalue weighted by Crippen LogP contribution is 2.30. The minimum Gasteiger partial charge on any atom is -0.489 e. The van der Waals surface area contributed by atoms with Gasteiger partial charge in [0.25, 0.3) is 0 Å². The molecular formula is C84H98F2N6O10. The summed E-state index contributed by atoms with van der Waals surface area (Å²) < 4.78 is 51.5. The molecule has 8 aromatic rings. The molecule has 18 heteroatoms. The second-order valence-corrected chi connectivity index (χ2v) is 27.4. The average Bonchev–Trinajstić information content (AvgIpc) is 0.776. The number of aliphatic hydroxyl groups excluding tert-OH is 2. The number of aliphatic hydroxyl groups is 2. The molecule has 102 heavy (non-hydrogen) atoms. The Labute approximate surface area is 600 Å². The van der Waals surface area contributed by atoms with E-state index < -0.39 is 47.4 Å². The number of amides is 4. The molecule has 10 rings (SSSR count). The van der Waals surface area contributed by atoms with Gasteiger partial charge in [0.1, 0.15) is 60.1 Å². The summed E-state index contributed by atoms with van der Waals surface area (Å²) in [6.07, 6.45) is 1.36. The number of rotatable bonds is 27. The van der Waals surface area contributed by atoms with Gasteiger partial charge in [0.05, 0.1) is 12.7 Å². The van der Waals surface area contributed by atoms with Crippen LogP contribution in [0.4, 0.5) is 18.4 Å². The Morgan fingerprint density at radius 3 is 1.29 bits per heavy atom. The Kier molecular flexibility index (Phi) is 29.5. The van der Waals surface area contributed by atoms with Gasteiger partial charge in [-0.25, -0.2) is 18.4 Å². The predicted molar refractivity (Wildman–Crippen MR) is 395 cm³/mol. The number of carbonyl (C=O) groups excluding carboxylic acids is 4. The van der Waals surface area contributed by atoms with Gasteiger partial charge in [0.15, 0.2) is 0 Å². The van der Waals surface area contributed by atoms with Gasteiger partial charge in [0.2, 0.25) is 11.8 Å². The zero-order valence-electron chi connectivity index (χ0n) is 59.6. The summed E-state index contributed by atoms with van der Waals surface area (Å²) in [4.78, 5) is 63.1. The second-order valence-electron chi connectivity index (χ2n) is 27.4. The summed E-state index contributed by atoms with van der Waals surface area (Å²) >= 11 is 0. The van der Waals surface area contributed by atoms with Crippen molar-refractivity contribution in [1.29, 1.82) is 0 Å². The molecular weight excluding hydrogens is 1290 g/mol. The summed E-state index contributed by atoms with van der Waals surface area (Å²) in [5.74, 6) is -0.470. The molecule has 8 aromatic carbocycles. The van der Waals surface area contributed by atoms with E-state index in [0.29, 0.717) is 82.4 Å². The van der Waals surface area contributed by atoms with Gasteiger partial charge in [-0.1, -0.05) is 207 Å². The van der Waals surface area contributed by atoms with Crippen LogP contribution in [0, 0.1) is 11.6 Å². The monoisotopic (exact) mass is 1390 g/mol. The standard InChI is InChI=1S/C42H48FN3O5.C26H28FNO2.C16H22N2O3/c1-5-23-50-36-25-34(24-35(43)27-36)26-37(45(29-32-17-11-7-12-18-32)30-33-19-13-8-14-20-33)39(47)38-40(48)44(28-31-15-9-6-10-16-31)21-22-46(38)41(49)51-42(2,3)4;1-2-13-30-26-16-23(14-24(27)17-26)15-25(20-29)28(18-21-9-5-3-6-10-21)19-22-11-7-4-8-12-22;1-16(2,3)21-15(20)18-10-9-17(14(19)12-18)11-13-7-5-4-6-8-13/h5-20,24-25,27,37-39,47H,1,21-23,26,28-30H2,2-4H3;2-12,14,16-17,25,29H,1,13,15,18-20H2;4-8H,9-12H2,1-3H3/t37-,38-,39-;25-;/m01./s1. The van der Waals surface area contributed by atoms with Gasteiger partial charge in [-0.15, -0.1) is 0 Å². The largest absolute Gasteiger partial charge is 0.489 e. The molecule has 2 N–H and O–H groups in total. The van der Waals surface area contributed by atoms with Crippen molar-refractivity contribution in [2.24, 2.45) is 0 Å². The molecule has 0 aliphatic carbocycles. The van der Waals surface area contributed by atoms with Gasteiger partial charge in [-0.2, -0.15) is 0 Å². The highest BCUT2D eigenvalue weighted by atomic mass is 19.1. The summed E-state index contributed by atoms with van der Waals surface area (Å²) in [6, 6.07) is 66.5. The van der Waals surface area contributed by atoms with E-state index in [1.807, 2.05) is 185 Å². The molecule has 2 aliphatic rings. The van der Waals surface area contributed by atoms with E-state index in [-0.39, 0.29) is 62.9 Å². The van der Waals surface area contributed by atoms with Crippen molar-refractivity contribution in [1.82, 2.24) is 29.4 Å². The minimum atomic E-state index is -1.41. The van der Waals surface area contributed by atoms with E-state index >= 15 is 4.39 Å². The topological polar surface area (TPSA) is 165 Å². The summed E-state index contributed by atoms with van der Waals surface area (Å²) in [5.41, 5.74) is 6.33. The number of nitrogens with zero attached hydrogens (tertiary/aromatic N) is 6. The molecule has 2 heterocycles. The molecule has 0 bridgehead atoms. The molecule has 2 fully saturated rings. The van der Waals surface area contributed by atoms with Crippen LogP contribution in [0.2, 0.25) is 0 Å². The first kappa shape index (κ1) is 77.8. The van der Waals surface area contributed by atoms with Crippen molar-refractivity contribution >= 4 is 24.0 Å². The van der Waals surface area contributed by atoms with E-state index in [1.165, 1.54) is 45.2 Å². The van der Waals surface area contributed by atoms with Gasteiger partial charge in [-0.05, 0) is 123 Å². The smallest absolute Gasteiger partial charge is 0.411 e. The lowest BCUT2D eigenvalue weighted by Gasteiger charge is -2.46. The lowest BCUT2D eigenvalue weighted by atomic mass is 9.91. The van der Waals surface area contributed by atoms with E-state index in [9.17, 15) is 33.8 Å². The third-order valence-corrected chi connectivity index (χ3v) is 16.9. The summed E-state index contributed by atoms with van der Waals surface area (Å²) in [7, 11) is 0. The van der Waals surface area contributed by atoms with Crippen LogP contribution in [0.15, 0.2) is 244 Å². The van der Waals surface area contributed by atoms with Crippen LogP contribution >= 0.6 is 0 Å². The number of halogens is 2. The highest BCUT2D eigenvalue weighted by Gasteiger charge is 2.47. The molecule has 0 saturated carbocycles. The lowest BCUT2D eigenvalue weighted by Crippen LogP contribution is -2.66. The van der Waals surface area contributed by atoms with Crippen molar-refractivity contribution in [2.75, 3.05) is 52.5 Å². The molecule has 4 atom stereocenters. The van der Waals surface area contributed by atoms with Crippen LogP contribution in [0.25, 0.3) is 0 Å². The number of hydrogen-bond acceptors (Lipinski definition) is 12. The highest BCUT2D eigenvalue weighted by molar-refractivity contribution is 5.88. The fourth-order valence-corrected chi connectivity index (χ4v) is 12.1. The van der Waals surface area contributed by atoms with Gasteiger partial charge >= 0.3 is 12.2 Å². The number of ether oxygens (including phenoxy) is 4. The summed E-state index contributed by atoms with van der Waals surface area (Å²) in [6.45, 7) is 23.2. The van der Waals surface area contributed by atoms with Gasteiger partial charge in [-0.3, -0.25) is 29.2 Å². The maximum absolute atomic E-state index is 15.1. The molecule has 0 aromatic heterocycles. The zero-order valence-corrected chi connectivity index (χ0v) is 59.6. The van der Waals surface area contributed by atoms with Crippen molar-refractivity contribution < 1.29 is 57.1 Å². The molecule has 2 saturated heterocycles. The number of piperazine rings is 2. The minimum absolute atomic E-state index is 0.0287. The van der Waals surface area contributed by atoms with Gasteiger partial charge in [0, 0.05) is 89.7 Å². The maximum Gasteiger partial charge on any atom is 0.411 e. The quantitative estimate of drug-likeness (QED) is 0.0469. The van der Waals surface area contributed by atoms with E-state index in [2.05, 4.69) is 47.2 Å². The fourth-order valence-electron chi connectivity index (χ4n) is 12.1. The molecule has 538 valence electrons. The first-order chi connectivity index (χ1) is 49.0. The van der Waals surface area contributed by atoms with E-state index in [4.69, 9.17) is 18.9 Å². The SMILES string of the molecule is C=CCOc1cc(F)cc(C[C@@H]([C@H](O)[C@H]2C(=O)N(Cc3ccccc3)CCN2C(=O)OC(C)(C)C)N(Cc2ccccc2)Cc2ccccc2)c1.C=CCOc1cc(F)cc(C[C@H](CO)N(Cc2ccccc2)Cc2ccccc2)c1.CC(C)(C)OC(=O)N1CCN(Cc2ccccc2)C(=O)C1. The Hall–Kier alpha value is -9.98. The summed E-state index contributed by atoms with van der Waals surface area (Å²) in [5, 5.41) is 22.9. The van der Waals surface area contributed by atoms with Crippen molar-refractivity contribution in [3.63, 3.8) is 0 Å². The maximum atomic E-state index is 15.1. The molecule has 16 nitrogen and oxygen atoms in total. The van der Waals surface area contributed by atoms with Crippen LogP contribution in [0.1, 0.15) is 86.1 Å². The predicted octanol–water partition coefficient (Wildman–Crippen LogP) is 14.3.